The van der Waals surface area contributed by atoms with Crippen LogP contribution in [0.5, 0.6) is 0 Å². The van der Waals surface area contributed by atoms with E-state index in [9.17, 15) is 1.37 Å². The van der Waals surface area contributed by atoms with E-state index in [0.29, 0.717) is 33.8 Å². The van der Waals surface area contributed by atoms with Crippen LogP contribution in [0, 0.1) is 0 Å². The number of benzene rings is 9. The molecule has 0 unspecified atom stereocenters. The van der Waals surface area contributed by atoms with E-state index >= 15 is 0 Å². The molecular formula is C53H31N3OS. The summed E-state index contributed by atoms with van der Waals surface area (Å²) in [6.07, 6.45) is 0. The van der Waals surface area contributed by atoms with Gasteiger partial charge < -0.3 is 4.42 Å². The third-order valence-electron chi connectivity index (χ3n) is 11.0. The zero-order valence-electron chi connectivity index (χ0n) is 34.7. The smallest absolute Gasteiger partial charge is 0.164 e. The SMILES string of the molecule is [2H]c1cc([2H])c2oc3c([2H])cc([2H])c(-c4cc(-c5nc(-c6ccc(-c7ccc8ccccc8c7)cc6)nc(-c6ccc7c(c6)sc6ccccc67)n5)cc5ccccc45)c3c2c1. The molecule has 0 atom stereocenters. The predicted octanol–water partition coefficient (Wildman–Crippen LogP) is 14.8. The van der Waals surface area contributed by atoms with E-state index in [1.165, 1.54) is 38.4 Å². The minimum atomic E-state index is 0.0466. The Hall–Kier alpha value is -7.47. The highest BCUT2D eigenvalue weighted by Crippen LogP contribution is 2.42. The Morgan fingerprint density at radius 2 is 1.05 bits per heavy atom. The van der Waals surface area contributed by atoms with Crippen molar-refractivity contribution < 1.29 is 9.90 Å². The van der Waals surface area contributed by atoms with E-state index in [0.717, 1.165) is 48.9 Å². The largest absolute Gasteiger partial charge is 0.456 e. The van der Waals surface area contributed by atoms with Gasteiger partial charge in [0.2, 0.25) is 0 Å². The second-order valence-corrected chi connectivity index (χ2v) is 15.5. The van der Waals surface area contributed by atoms with Gasteiger partial charge in [-0.25, -0.2) is 15.0 Å². The molecule has 0 aliphatic carbocycles. The van der Waals surface area contributed by atoms with Gasteiger partial charge >= 0.3 is 0 Å². The van der Waals surface area contributed by atoms with E-state index in [1.807, 2.05) is 30.3 Å². The van der Waals surface area contributed by atoms with Gasteiger partial charge in [-0.15, -0.1) is 11.3 Å². The van der Waals surface area contributed by atoms with Crippen molar-refractivity contribution in [1.82, 2.24) is 15.0 Å². The number of nitrogens with zero attached hydrogens (tertiary/aromatic N) is 3. The molecule has 3 aromatic heterocycles. The lowest BCUT2D eigenvalue weighted by molar-refractivity contribution is 0.669. The molecule has 0 radical (unpaired) electrons. The molecule has 12 rings (SSSR count). The van der Waals surface area contributed by atoms with Gasteiger partial charge in [0.15, 0.2) is 17.5 Å². The van der Waals surface area contributed by atoms with Crippen molar-refractivity contribution in [3.8, 4) is 56.4 Å². The Morgan fingerprint density at radius 3 is 1.93 bits per heavy atom. The maximum Gasteiger partial charge on any atom is 0.164 e. The molecule has 5 heteroatoms. The minimum Gasteiger partial charge on any atom is -0.456 e. The number of hydrogen-bond acceptors (Lipinski definition) is 5. The van der Waals surface area contributed by atoms with Gasteiger partial charge in [-0.2, -0.15) is 0 Å². The number of thiophene rings is 1. The fourth-order valence-electron chi connectivity index (χ4n) is 8.18. The van der Waals surface area contributed by atoms with Crippen LogP contribution in [0.25, 0.3) is 120 Å². The summed E-state index contributed by atoms with van der Waals surface area (Å²) in [5.74, 6) is 1.52. The van der Waals surface area contributed by atoms with Crippen molar-refractivity contribution >= 4 is 75.0 Å². The highest BCUT2D eigenvalue weighted by atomic mass is 32.1. The summed E-state index contributed by atoms with van der Waals surface area (Å²) in [5, 5.41) is 7.64. The van der Waals surface area contributed by atoms with Crippen LogP contribution in [0.15, 0.2) is 192 Å². The zero-order chi connectivity index (χ0) is 41.6. The van der Waals surface area contributed by atoms with Crippen LogP contribution in [-0.4, -0.2) is 15.0 Å². The van der Waals surface area contributed by atoms with Crippen molar-refractivity contribution in [2.24, 2.45) is 0 Å². The molecule has 0 saturated carbocycles. The molecule has 0 amide bonds. The monoisotopic (exact) mass is 761 g/mol. The summed E-state index contributed by atoms with van der Waals surface area (Å²) in [6.45, 7) is 0. The van der Waals surface area contributed by atoms with E-state index in [1.54, 1.807) is 17.4 Å². The lowest BCUT2D eigenvalue weighted by atomic mass is 9.92. The van der Waals surface area contributed by atoms with Crippen molar-refractivity contribution in [2.75, 3.05) is 0 Å². The van der Waals surface area contributed by atoms with Crippen LogP contribution < -0.4 is 0 Å². The first kappa shape index (κ1) is 28.9. The summed E-state index contributed by atoms with van der Waals surface area (Å²) in [4.78, 5) is 15.5. The van der Waals surface area contributed by atoms with Crippen molar-refractivity contribution in [1.29, 1.82) is 0 Å². The standard InChI is InChI=1S/C53H31N3OS/c1-2-11-35-28-36(25-22-32(35)10-1)33-20-23-34(24-21-33)51-54-52(38-26-27-42-41-14-6-8-19-48(41)58-49(42)31-38)56-53(55-51)39-29-37-12-3-4-13-40(37)45(30-39)43-16-9-18-47-50(43)44-15-5-7-17-46(44)57-47/h1-31H/i5D,16D,17D,18D. The van der Waals surface area contributed by atoms with Crippen LogP contribution in [0.2, 0.25) is 0 Å². The molecule has 0 aliphatic heterocycles. The highest BCUT2D eigenvalue weighted by molar-refractivity contribution is 7.25. The molecule has 58 heavy (non-hydrogen) atoms. The fraction of sp³-hybridized carbons (Fsp3) is 0. The number of hydrogen-bond donors (Lipinski definition) is 0. The van der Waals surface area contributed by atoms with Gasteiger partial charge in [0.05, 0.1) is 5.48 Å². The molecule has 12 aromatic rings. The van der Waals surface area contributed by atoms with Gasteiger partial charge in [0, 0.05) is 47.6 Å². The summed E-state index contributed by atoms with van der Waals surface area (Å²) in [5.41, 5.74) is 6.46. The molecule has 9 aromatic carbocycles. The predicted molar refractivity (Wildman–Crippen MR) is 242 cm³/mol. The average Bonchev–Trinajstić information content (AvgIpc) is 3.88. The number of furan rings is 1. The summed E-state index contributed by atoms with van der Waals surface area (Å²) in [7, 11) is 0. The van der Waals surface area contributed by atoms with Crippen LogP contribution >= 0.6 is 11.3 Å². The molecule has 0 bridgehead atoms. The zero-order valence-corrected chi connectivity index (χ0v) is 31.6. The molecule has 0 N–H and O–H groups in total. The first-order chi connectivity index (χ1) is 30.3. The molecule has 0 saturated heterocycles. The third-order valence-corrected chi connectivity index (χ3v) is 12.2. The number of fused-ring (bicyclic) bond motifs is 8. The van der Waals surface area contributed by atoms with E-state index < -0.39 is 0 Å². The molecule has 0 spiro atoms. The summed E-state index contributed by atoms with van der Waals surface area (Å²) >= 11 is 1.75. The number of para-hydroxylation sites is 1. The summed E-state index contributed by atoms with van der Waals surface area (Å²) < 4.78 is 43.7. The molecule has 3 heterocycles. The van der Waals surface area contributed by atoms with Gasteiger partial charge in [-0.1, -0.05) is 146 Å². The topological polar surface area (TPSA) is 51.8 Å². The fourth-order valence-corrected chi connectivity index (χ4v) is 9.33. The second kappa shape index (κ2) is 13.1. The Labute approximate surface area is 343 Å². The quantitative estimate of drug-likeness (QED) is 0.175. The van der Waals surface area contributed by atoms with Crippen molar-refractivity contribution in [3.05, 3.63) is 188 Å². The summed E-state index contributed by atoms with van der Waals surface area (Å²) in [6, 6.07) is 55.1. The van der Waals surface area contributed by atoms with Gasteiger partial charge in [-0.05, 0) is 86.2 Å². The van der Waals surface area contributed by atoms with E-state index in [4.69, 9.17) is 23.5 Å². The van der Waals surface area contributed by atoms with Crippen LogP contribution in [0.4, 0.5) is 0 Å². The Bertz CT molecular complexity index is 3820. The Morgan fingerprint density at radius 1 is 0.397 bits per heavy atom. The van der Waals surface area contributed by atoms with Gasteiger partial charge in [-0.3, -0.25) is 0 Å². The molecule has 270 valence electrons. The number of aromatic nitrogens is 3. The van der Waals surface area contributed by atoms with E-state index in [-0.39, 0.29) is 35.3 Å². The lowest BCUT2D eigenvalue weighted by Gasteiger charge is -2.13. The number of rotatable bonds is 5. The second-order valence-electron chi connectivity index (χ2n) is 14.5. The van der Waals surface area contributed by atoms with Crippen LogP contribution in [-0.2, 0) is 0 Å². The van der Waals surface area contributed by atoms with E-state index in [2.05, 4.69) is 115 Å². The maximum absolute atomic E-state index is 9.33. The molecule has 4 nitrogen and oxygen atoms in total. The van der Waals surface area contributed by atoms with Gasteiger partial charge in [0.25, 0.3) is 0 Å². The Balaban J connectivity index is 1.07. The van der Waals surface area contributed by atoms with Crippen LogP contribution in [0.3, 0.4) is 0 Å². The molecular weight excluding hydrogens is 727 g/mol. The van der Waals surface area contributed by atoms with Crippen LogP contribution in [0.1, 0.15) is 5.48 Å². The first-order valence-corrected chi connectivity index (χ1v) is 19.9. The van der Waals surface area contributed by atoms with Gasteiger partial charge in [0.1, 0.15) is 11.2 Å². The first-order valence-electron chi connectivity index (χ1n) is 21.1. The highest BCUT2D eigenvalue weighted by Gasteiger charge is 2.19. The molecule has 0 fully saturated rings. The van der Waals surface area contributed by atoms with Crippen molar-refractivity contribution in [2.45, 2.75) is 0 Å². The lowest BCUT2D eigenvalue weighted by Crippen LogP contribution is -2.00. The maximum atomic E-state index is 9.33. The molecule has 0 aliphatic rings. The Kier molecular flexibility index (Phi) is 6.50. The third kappa shape index (κ3) is 5.40. The minimum absolute atomic E-state index is 0.0466. The van der Waals surface area contributed by atoms with Crippen molar-refractivity contribution in [3.63, 3.8) is 0 Å². The average molecular weight is 762 g/mol. The normalized spacial score (nSPS) is 12.8.